The molecule has 31 heavy (non-hydrogen) atoms. The van der Waals surface area contributed by atoms with E-state index in [2.05, 4.69) is 39.7 Å². The fraction of sp³-hybridized carbons (Fsp3) is 0.565. The maximum atomic E-state index is 12.9. The van der Waals surface area contributed by atoms with Crippen LogP contribution in [0.3, 0.4) is 0 Å². The molecule has 2 fully saturated rings. The molecule has 1 amide bonds. The molecule has 0 unspecified atom stereocenters. The van der Waals surface area contributed by atoms with E-state index >= 15 is 0 Å². The smallest absolute Gasteiger partial charge is 0.348 e. The van der Waals surface area contributed by atoms with Gasteiger partial charge in [-0.1, -0.05) is 13.8 Å². The van der Waals surface area contributed by atoms with Crippen molar-refractivity contribution in [1.29, 1.82) is 0 Å². The van der Waals surface area contributed by atoms with Crippen LogP contribution in [0.4, 0.5) is 11.4 Å². The zero-order valence-electron chi connectivity index (χ0n) is 18.8. The second-order valence-corrected chi connectivity index (χ2v) is 9.35. The van der Waals surface area contributed by atoms with E-state index in [1.54, 1.807) is 18.6 Å². The molecule has 0 spiro atoms. The molecule has 4 rings (SSSR count). The SMILES string of the molecule is Cc1ncccc1N1CCN(C(=O)Cn2cc(N3CCC(C)(C)CC3)cnc2=O)CC1. The highest BCUT2D eigenvalue weighted by atomic mass is 16.2. The maximum absolute atomic E-state index is 12.9. The average molecular weight is 425 g/mol. The van der Waals surface area contributed by atoms with Gasteiger partial charge >= 0.3 is 5.69 Å². The number of hydrogen-bond acceptors (Lipinski definition) is 6. The highest BCUT2D eigenvalue weighted by Crippen LogP contribution is 2.31. The molecule has 4 heterocycles. The lowest BCUT2D eigenvalue weighted by molar-refractivity contribution is -0.132. The second kappa shape index (κ2) is 8.69. The summed E-state index contributed by atoms with van der Waals surface area (Å²) in [5.74, 6) is -0.0385. The zero-order valence-corrected chi connectivity index (χ0v) is 18.8. The van der Waals surface area contributed by atoms with E-state index in [-0.39, 0.29) is 18.1 Å². The van der Waals surface area contributed by atoms with Gasteiger partial charge in [0, 0.05) is 51.7 Å². The lowest BCUT2D eigenvalue weighted by Gasteiger charge is -2.38. The third-order valence-corrected chi connectivity index (χ3v) is 6.58. The van der Waals surface area contributed by atoms with Crippen LogP contribution in [0.5, 0.6) is 0 Å². The van der Waals surface area contributed by atoms with Gasteiger partial charge in [0.05, 0.1) is 23.3 Å². The molecule has 8 nitrogen and oxygen atoms in total. The number of pyridine rings is 1. The van der Waals surface area contributed by atoms with E-state index in [1.165, 1.54) is 4.57 Å². The van der Waals surface area contributed by atoms with Crippen molar-refractivity contribution in [3.8, 4) is 0 Å². The van der Waals surface area contributed by atoms with Crippen LogP contribution in [-0.2, 0) is 11.3 Å². The Morgan fingerprint density at radius 1 is 1.03 bits per heavy atom. The number of piperazine rings is 1. The van der Waals surface area contributed by atoms with Crippen molar-refractivity contribution < 1.29 is 4.79 Å². The Morgan fingerprint density at radius 2 is 1.74 bits per heavy atom. The molecule has 0 bridgehead atoms. The molecule has 0 radical (unpaired) electrons. The van der Waals surface area contributed by atoms with Crippen molar-refractivity contribution in [2.45, 2.75) is 40.2 Å². The van der Waals surface area contributed by atoms with Crippen LogP contribution in [0.1, 0.15) is 32.4 Å². The number of anilines is 2. The Morgan fingerprint density at radius 3 is 2.42 bits per heavy atom. The Hall–Kier alpha value is -2.90. The van der Waals surface area contributed by atoms with Gasteiger partial charge in [-0.3, -0.25) is 14.3 Å². The van der Waals surface area contributed by atoms with E-state index in [0.717, 1.165) is 56.1 Å². The van der Waals surface area contributed by atoms with Gasteiger partial charge in [-0.25, -0.2) is 4.79 Å². The molecule has 0 N–H and O–H groups in total. The number of piperidine rings is 1. The standard InChI is InChI=1S/C23H32N6O2/c1-18-20(5-4-8-24-18)27-11-13-28(14-12-27)21(30)17-29-16-19(15-25-22(29)31)26-9-6-23(2,3)7-10-26/h4-5,8,15-16H,6-7,9-14,17H2,1-3H3. The number of aromatic nitrogens is 3. The molecule has 8 heteroatoms. The molecule has 2 aromatic rings. The van der Waals surface area contributed by atoms with Crippen molar-refractivity contribution in [3.05, 3.63) is 46.9 Å². The van der Waals surface area contributed by atoms with Gasteiger partial charge in [0.15, 0.2) is 0 Å². The summed E-state index contributed by atoms with van der Waals surface area (Å²) < 4.78 is 1.45. The van der Waals surface area contributed by atoms with Gasteiger partial charge in [0.2, 0.25) is 5.91 Å². The summed E-state index contributed by atoms with van der Waals surface area (Å²) >= 11 is 0. The van der Waals surface area contributed by atoms with E-state index < -0.39 is 0 Å². The highest BCUT2D eigenvalue weighted by Gasteiger charge is 2.26. The van der Waals surface area contributed by atoms with Gasteiger partial charge in [0.1, 0.15) is 6.54 Å². The largest absolute Gasteiger partial charge is 0.369 e. The molecule has 0 aliphatic carbocycles. The first-order valence-corrected chi connectivity index (χ1v) is 11.1. The Bertz CT molecular complexity index is 984. The summed E-state index contributed by atoms with van der Waals surface area (Å²) in [7, 11) is 0. The molecular weight excluding hydrogens is 392 g/mol. The molecule has 0 atom stereocenters. The quantitative estimate of drug-likeness (QED) is 0.747. The van der Waals surface area contributed by atoms with E-state index in [9.17, 15) is 9.59 Å². The van der Waals surface area contributed by atoms with Crippen LogP contribution in [0.15, 0.2) is 35.5 Å². The van der Waals surface area contributed by atoms with Crippen molar-refractivity contribution in [2.24, 2.45) is 5.41 Å². The zero-order chi connectivity index (χ0) is 22.0. The average Bonchev–Trinajstić information content (AvgIpc) is 2.76. The Kier molecular flexibility index (Phi) is 5.98. The number of carbonyl (C=O) groups is 1. The molecule has 2 aliphatic rings. The molecule has 2 saturated heterocycles. The number of carbonyl (C=O) groups excluding carboxylic acids is 1. The molecule has 2 aliphatic heterocycles. The summed E-state index contributed by atoms with van der Waals surface area (Å²) in [6, 6.07) is 4.01. The summed E-state index contributed by atoms with van der Waals surface area (Å²) in [6.07, 6.45) is 7.43. The van der Waals surface area contributed by atoms with Gasteiger partial charge in [0.25, 0.3) is 0 Å². The minimum atomic E-state index is -0.376. The Labute approximate surface area is 183 Å². The fourth-order valence-electron chi connectivity index (χ4n) is 4.34. The first-order chi connectivity index (χ1) is 14.8. The van der Waals surface area contributed by atoms with E-state index in [0.29, 0.717) is 18.5 Å². The third-order valence-electron chi connectivity index (χ3n) is 6.58. The lowest BCUT2D eigenvalue weighted by Crippen LogP contribution is -2.50. The minimum absolute atomic E-state index is 0.0327. The Balaban J connectivity index is 1.38. The summed E-state index contributed by atoms with van der Waals surface area (Å²) in [4.78, 5) is 39.9. The molecule has 0 saturated carbocycles. The topological polar surface area (TPSA) is 74.6 Å². The molecular formula is C23H32N6O2. The monoisotopic (exact) mass is 424 g/mol. The molecule has 2 aromatic heterocycles. The van der Waals surface area contributed by atoms with Crippen LogP contribution >= 0.6 is 0 Å². The third kappa shape index (κ3) is 4.89. The van der Waals surface area contributed by atoms with Crippen molar-refractivity contribution >= 4 is 17.3 Å². The highest BCUT2D eigenvalue weighted by molar-refractivity contribution is 5.76. The number of aryl methyl sites for hydroxylation is 1. The predicted octanol–water partition coefficient (Wildman–Crippen LogP) is 1.92. The van der Waals surface area contributed by atoms with Gasteiger partial charge < -0.3 is 14.7 Å². The normalized spacial score (nSPS) is 18.9. The van der Waals surface area contributed by atoms with Crippen molar-refractivity contribution in [2.75, 3.05) is 49.1 Å². The lowest BCUT2D eigenvalue weighted by atomic mass is 9.82. The van der Waals surface area contributed by atoms with E-state index in [4.69, 9.17) is 0 Å². The van der Waals surface area contributed by atoms with Crippen LogP contribution in [0, 0.1) is 12.3 Å². The maximum Gasteiger partial charge on any atom is 0.348 e. The fourth-order valence-corrected chi connectivity index (χ4v) is 4.34. The summed E-state index contributed by atoms with van der Waals surface area (Å²) in [5, 5.41) is 0. The number of nitrogens with zero attached hydrogens (tertiary/aromatic N) is 6. The number of hydrogen-bond donors (Lipinski definition) is 0. The second-order valence-electron chi connectivity index (χ2n) is 9.35. The van der Waals surface area contributed by atoms with E-state index in [1.807, 2.05) is 17.9 Å². The molecule has 0 aromatic carbocycles. The molecule has 166 valence electrons. The summed E-state index contributed by atoms with van der Waals surface area (Å²) in [5.41, 5.74) is 3.01. The van der Waals surface area contributed by atoms with Gasteiger partial charge in [-0.2, -0.15) is 4.98 Å². The van der Waals surface area contributed by atoms with Gasteiger partial charge in [-0.05, 0) is 37.3 Å². The minimum Gasteiger partial charge on any atom is -0.369 e. The first-order valence-electron chi connectivity index (χ1n) is 11.1. The number of rotatable bonds is 4. The first kappa shape index (κ1) is 21.3. The van der Waals surface area contributed by atoms with Crippen LogP contribution in [0.25, 0.3) is 0 Å². The predicted molar refractivity (Wildman–Crippen MR) is 121 cm³/mol. The summed E-state index contributed by atoms with van der Waals surface area (Å²) in [6.45, 7) is 11.3. The van der Waals surface area contributed by atoms with Crippen molar-refractivity contribution in [3.63, 3.8) is 0 Å². The van der Waals surface area contributed by atoms with Gasteiger partial charge in [-0.15, -0.1) is 0 Å². The number of amides is 1. The van der Waals surface area contributed by atoms with Crippen molar-refractivity contribution in [1.82, 2.24) is 19.4 Å². The van der Waals surface area contributed by atoms with Crippen LogP contribution < -0.4 is 15.5 Å². The van der Waals surface area contributed by atoms with Crippen LogP contribution in [-0.4, -0.2) is 64.6 Å². The van der Waals surface area contributed by atoms with Crippen LogP contribution in [0.2, 0.25) is 0 Å².